The van der Waals surface area contributed by atoms with E-state index >= 15 is 0 Å². The third-order valence-electron chi connectivity index (χ3n) is 5.04. The molecule has 0 fully saturated rings. The molecule has 0 saturated carbocycles. The second-order valence-electron chi connectivity index (χ2n) is 8.82. The molecule has 0 rings (SSSR count). The van der Waals surface area contributed by atoms with Crippen molar-refractivity contribution in [3.8, 4) is 0 Å². The molecule has 13 nitrogen and oxygen atoms in total. The Morgan fingerprint density at radius 3 is 1.51 bits per heavy atom. The van der Waals surface area contributed by atoms with Crippen LogP contribution in [-0.2, 0) is 33.6 Å². The van der Waals surface area contributed by atoms with Crippen molar-refractivity contribution in [1.29, 1.82) is 0 Å². The fourth-order valence-corrected chi connectivity index (χ4v) is 2.99. The van der Waals surface area contributed by atoms with Gasteiger partial charge in [0, 0.05) is 19.8 Å². The Hall–Kier alpha value is -3.51. The normalized spacial score (nSPS) is 14.3. The summed E-state index contributed by atoms with van der Waals surface area (Å²) in [6.45, 7) is 7.90. The standard InChI is InChI=1S/C22H36N4O9/c1-11(2)16(10-27)25-22(35)19(12(3)4)26-21(34)15(7-9-18(31)32)24-20(33)14(23-13(5)28)6-8-17(29)30/h10-12,14-16,19H,6-9H2,1-5H3,(H,23,28)(H,24,33)(H,25,35)(H,26,34)(H,29,30)(H,31,32)/t14-,15-,16+,19-/m0/s1. The average molecular weight is 501 g/mol. The molecule has 4 amide bonds. The van der Waals surface area contributed by atoms with Gasteiger partial charge in [-0.2, -0.15) is 0 Å². The van der Waals surface area contributed by atoms with E-state index in [0.29, 0.717) is 6.29 Å². The van der Waals surface area contributed by atoms with Crippen LogP contribution in [0.25, 0.3) is 0 Å². The summed E-state index contributed by atoms with van der Waals surface area (Å²) < 4.78 is 0. The molecule has 0 radical (unpaired) electrons. The summed E-state index contributed by atoms with van der Waals surface area (Å²) in [7, 11) is 0. The second kappa shape index (κ2) is 15.4. The number of amides is 4. The lowest BCUT2D eigenvalue weighted by atomic mass is 10.00. The highest BCUT2D eigenvalue weighted by Gasteiger charge is 2.32. The van der Waals surface area contributed by atoms with Crippen molar-refractivity contribution >= 4 is 41.9 Å². The van der Waals surface area contributed by atoms with Gasteiger partial charge in [0.25, 0.3) is 0 Å². The van der Waals surface area contributed by atoms with Crippen LogP contribution in [0.3, 0.4) is 0 Å². The van der Waals surface area contributed by atoms with E-state index < -0.39 is 78.5 Å². The molecule has 198 valence electrons. The second-order valence-corrected chi connectivity index (χ2v) is 8.82. The van der Waals surface area contributed by atoms with Crippen LogP contribution in [0.15, 0.2) is 0 Å². The van der Waals surface area contributed by atoms with Crippen LogP contribution in [0.5, 0.6) is 0 Å². The highest BCUT2D eigenvalue weighted by atomic mass is 16.4. The Morgan fingerprint density at radius 2 is 1.14 bits per heavy atom. The van der Waals surface area contributed by atoms with E-state index in [1.807, 2.05) is 0 Å². The zero-order chi connectivity index (χ0) is 27.3. The summed E-state index contributed by atoms with van der Waals surface area (Å²) >= 11 is 0. The number of carbonyl (C=O) groups excluding carboxylic acids is 5. The maximum absolute atomic E-state index is 13.0. The predicted molar refractivity (Wildman–Crippen MR) is 123 cm³/mol. The number of hydrogen-bond acceptors (Lipinski definition) is 7. The fraction of sp³-hybridized carbons (Fsp3) is 0.682. The molecular weight excluding hydrogens is 464 g/mol. The Bertz CT molecular complexity index is 798. The molecule has 0 saturated heterocycles. The first-order valence-corrected chi connectivity index (χ1v) is 11.3. The van der Waals surface area contributed by atoms with Gasteiger partial charge >= 0.3 is 11.9 Å². The summed E-state index contributed by atoms with van der Waals surface area (Å²) in [5.41, 5.74) is 0. The minimum Gasteiger partial charge on any atom is -0.481 e. The van der Waals surface area contributed by atoms with E-state index in [9.17, 15) is 33.6 Å². The monoisotopic (exact) mass is 500 g/mol. The zero-order valence-electron chi connectivity index (χ0n) is 20.6. The van der Waals surface area contributed by atoms with Gasteiger partial charge in [0.05, 0.1) is 6.04 Å². The number of rotatable bonds is 16. The lowest BCUT2D eigenvalue weighted by Gasteiger charge is -2.27. The third-order valence-corrected chi connectivity index (χ3v) is 5.04. The molecule has 4 atom stereocenters. The Labute approximate surface area is 203 Å². The maximum atomic E-state index is 13.0. The van der Waals surface area contributed by atoms with Crippen LogP contribution < -0.4 is 21.3 Å². The van der Waals surface area contributed by atoms with Crippen molar-refractivity contribution in [2.75, 3.05) is 0 Å². The molecule has 0 aromatic rings. The summed E-state index contributed by atoms with van der Waals surface area (Å²) in [5.74, 6) is -6.00. The van der Waals surface area contributed by atoms with Crippen LogP contribution in [-0.4, -0.2) is 76.2 Å². The SMILES string of the molecule is CC(=O)N[C@@H](CCC(=O)O)C(=O)N[C@@H](CCC(=O)O)C(=O)N[C@H](C(=O)N[C@H](C=O)C(C)C)C(C)C. The minimum atomic E-state index is -1.39. The van der Waals surface area contributed by atoms with E-state index in [1.165, 1.54) is 0 Å². The first kappa shape index (κ1) is 31.5. The number of hydrogen-bond donors (Lipinski definition) is 6. The number of carboxylic acid groups (broad SMARTS) is 2. The number of carbonyl (C=O) groups is 7. The van der Waals surface area contributed by atoms with Crippen molar-refractivity contribution < 1.29 is 43.8 Å². The average Bonchev–Trinajstić information content (AvgIpc) is 2.74. The van der Waals surface area contributed by atoms with Gasteiger partial charge < -0.3 is 36.3 Å². The number of carboxylic acids is 2. The molecule has 0 bridgehead atoms. The van der Waals surface area contributed by atoms with Gasteiger partial charge in [-0.15, -0.1) is 0 Å². The molecule has 6 N–H and O–H groups in total. The van der Waals surface area contributed by atoms with Crippen molar-refractivity contribution in [1.82, 2.24) is 21.3 Å². The molecular formula is C22H36N4O9. The van der Waals surface area contributed by atoms with Crippen LogP contribution in [0.4, 0.5) is 0 Å². The van der Waals surface area contributed by atoms with Crippen LogP contribution in [0, 0.1) is 11.8 Å². The van der Waals surface area contributed by atoms with Crippen molar-refractivity contribution in [3.63, 3.8) is 0 Å². The molecule has 35 heavy (non-hydrogen) atoms. The van der Waals surface area contributed by atoms with Gasteiger partial charge in [0.15, 0.2) is 0 Å². The van der Waals surface area contributed by atoms with Gasteiger partial charge in [-0.25, -0.2) is 0 Å². The molecule has 0 aliphatic rings. The Morgan fingerprint density at radius 1 is 0.686 bits per heavy atom. The first-order chi connectivity index (χ1) is 16.2. The minimum absolute atomic E-state index is 0.195. The molecule has 0 aromatic carbocycles. The summed E-state index contributed by atoms with van der Waals surface area (Å²) in [4.78, 5) is 83.0. The van der Waals surface area contributed by atoms with Gasteiger partial charge in [-0.3, -0.25) is 28.8 Å². The van der Waals surface area contributed by atoms with Crippen LogP contribution >= 0.6 is 0 Å². The van der Waals surface area contributed by atoms with E-state index in [0.717, 1.165) is 6.92 Å². The highest BCUT2D eigenvalue weighted by molar-refractivity contribution is 5.95. The number of aliphatic carboxylic acids is 2. The lowest BCUT2D eigenvalue weighted by Crippen LogP contribution is -2.58. The number of aldehydes is 1. The molecule has 0 heterocycles. The van der Waals surface area contributed by atoms with Crippen molar-refractivity contribution in [2.45, 2.75) is 84.5 Å². The van der Waals surface area contributed by atoms with Crippen LogP contribution in [0.2, 0.25) is 0 Å². The van der Waals surface area contributed by atoms with Crippen molar-refractivity contribution in [3.05, 3.63) is 0 Å². The van der Waals surface area contributed by atoms with Crippen LogP contribution in [0.1, 0.15) is 60.3 Å². The maximum Gasteiger partial charge on any atom is 0.303 e. The topological polar surface area (TPSA) is 208 Å². The smallest absolute Gasteiger partial charge is 0.303 e. The van der Waals surface area contributed by atoms with E-state index in [4.69, 9.17) is 10.2 Å². The quantitative estimate of drug-likeness (QED) is 0.146. The molecule has 13 heteroatoms. The highest BCUT2D eigenvalue weighted by Crippen LogP contribution is 2.08. The summed E-state index contributed by atoms with van der Waals surface area (Å²) in [6.07, 6.45) is -0.927. The van der Waals surface area contributed by atoms with Gasteiger partial charge in [-0.1, -0.05) is 27.7 Å². The van der Waals surface area contributed by atoms with Crippen molar-refractivity contribution in [2.24, 2.45) is 11.8 Å². The van der Waals surface area contributed by atoms with E-state index in [-0.39, 0.29) is 18.8 Å². The Balaban J connectivity index is 5.66. The van der Waals surface area contributed by atoms with E-state index in [1.54, 1.807) is 27.7 Å². The molecule has 0 aromatic heterocycles. The number of nitrogens with one attached hydrogen (secondary N) is 4. The van der Waals surface area contributed by atoms with Gasteiger partial charge in [0.1, 0.15) is 24.4 Å². The Kier molecular flexibility index (Phi) is 13.9. The van der Waals surface area contributed by atoms with Gasteiger partial charge in [-0.05, 0) is 24.7 Å². The zero-order valence-corrected chi connectivity index (χ0v) is 20.6. The lowest BCUT2D eigenvalue weighted by molar-refractivity contribution is -0.140. The molecule has 0 aliphatic heterocycles. The molecule has 0 aliphatic carbocycles. The van der Waals surface area contributed by atoms with E-state index in [2.05, 4.69) is 21.3 Å². The molecule has 0 spiro atoms. The fourth-order valence-electron chi connectivity index (χ4n) is 2.99. The predicted octanol–water partition coefficient (Wildman–Crippen LogP) is -0.814. The summed E-state index contributed by atoms with van der Waals surface area (Å²) in [6, 6.07) is -4.53. The largest absolute Gasteiger partial charge is 0.481 e. The summed E-state index contributed by atoms with van der Waals surface area (Å²) in [5, 5.41) is 27.6. The van der Waals surface area contributed by atoms with Gasteiger partial charge in [0.2, 0.25) is 23.6 Å². The third kappa shape index (κ3) is 12.5. The molecule has 0 unspecified atom stereocenters. The first-order valence-electron chi connectivity index (χ1n) is 11.3.